The van der Waals surface area contributed by atoms with Crippen LogP contribution in [0.15, 0.2) is 47.8 Å². The van der Waals surface area contributed by atoms with Gasteiger partial charge in [0.15, 0.2) is 0 Å². The van der Waals surface area contributed by atoms with E-state index in [0.29, 0.717) is 0 Å². The molecule has 0 aliphatic rings. The average Bonchev–Trinajstić information content (AvgIpc) is 2.31. The second-order valence-electron chi connectivity index (χ2n) is 3.45. The number of nitrogens with one attached hydrogen (secondary N) is 2. The van der Waals surface area contributed by atoms with Gasteiger partial charge in [0.1, 0.15) is 0 Å². The lowest BCUT2D eigenvalue weighted by molar-refractivity contribution is 0.114. The Labute approximate surface area is 102 Å². The van der Waals surface area contributed by atoms with Crippen molar-refractivity contribution in [2.75, 3.05) is 14.2 Å². The lowest BCUT2D eigenvalue weighted by atomic mass is 10.2. The van der Waals surface area contributed by atoms with Crippen LogP contribution >= 0.6 is 0 Å². The number of hydroxylamine groups is 2. The van der Waals surface area contributed by atoms with Gasteiger partial charge < -0.3 is 0 Å². The third-order valence-corrected chi connectivity index (χ3v) is 1.98. The third kappa shape index (κ3) is 5.19. The van der Waals surface area contributed by atoms with Crippen LogP contribution in [0.1, 0.15) is 12.5 Å². The van der Waals surface area contributed by atoms with E-state index in [1.165, 1.54) is 0 Å². The molecule has 0 spiro atoms. The van der Waals surface area contributed by atoms with Gasteiger partial charge in [-0.15, -0.1) is 0 Å². The van der Waals surface area contributed by atoms with Crippen molar-refractivity contribution in [3.63, 3.8) is 0 Å². The predicted octanol–water partition coefficient (Wildman–Crippen LogP) is 2.23. The van der Waals surface area contributed by atoms with Gasteiger partial charge in [-0.2, -0.15) is 0 Å². The lowest BCUT2D eigenvalue weighted by Gasteiger charge is -2.07. The first-order valence-electron chi connectivity index (χ1n) is 5.29. The van der Waals surface area contributed by atoms with Crippen LogP contribution in [-0.4, -0.2) is 14.2 Å². The summed E-state index contributed by atoms with van der Waals surface area (Å²) in [6, 6.07) is 9.99. The fourth-order valence-corrected chi connectivity index (χ4v) is 1.37. The molecule has 0 atom stereocenters. The van der Waals surface area contributed by atoms with Crippen molar-refractivity contribution in [2.24, 2.45) is 0 Å². The first kappa shape index (κ1) is 13.3. The molecule has 0 aliphatic carbocycles. The Morgan fingerprint density at radius 2 is 1.71 bits per heavy atom. The van der Waals surface area contributed by atoms with E-state index < -0.39 is 0 Å². The normalized spacial score (nSPS) is 12.4. The van der Waals surface area contributed by atoms with Crippen molar-refractivity contribution in [1.29, 1.82) is 0 Å². The van der Waals surface area contributed by atoms with Gasteiger partial charge >= 0.3 is 0 Å². The Bertz CT molecular complexity index is 386. The highest BCUT2D eigenvalue weighted by atomic mass is 16.6. The molecule has 4 heteroatoms. The molecule has 0 fully saturated rings. The number of allylic oxidation sites excluding steroid dienone is 2. The first-order valence-corrected chi connectivity index (χ1v) is 5.29. The van der Waals surface area contributed by atoms with E-state index in [2.05, 4.69) is 11.0 Å². The molecule has 0 aliphatic heterocycles. The maximum atomic E-state index is 4.92. The van der Waals surface area contributed by atoms with Gasteiger partial charge in [0, 0.05) is 5.70 Å². The molecule has 1 aromatic carbocycles. The zero-order valence-corrected chi connectivity index (χ0v) is 10.4. The van der Waals surface area contributed by atoms with Crippen molar-refractivity contribution < 1.29 is 9.68 Å². The molecule has 0 saturated heterocycles. The highest BCUT2D eigenvalue weighted by Crippen LogP contribution is 2.07. The minimum Gasteiger partial charge on any atom is -0.280 e. The molecule has 0 unspecified atom stereocenters. The minimum absolute atomic E-state index is 0.834. The summed E-state index contributed by atoms with van der Waals surface area (Å²) in [5, 5.41) is 0. The third-order valence-electron chi connectivity index (χ3n) is 1.98. The maximum absolute atomic E-state index is 4.92. The van der Waals surface area contributed by atoms with Crippen molar-refractivity contribution in [1.82, 2.24) is 11.0 Å². The van der Waals surface area contributed by atoms with Gasteiger partial charge in [-0.3, -0.25) is 20.6 Å². The predicted molar refractivity (Wildman–Crippen MR) is 68.5 cm³/mol. The molecular formula is C13H18N2O2. The van der Waals surface area contributed by atoms with Gasteiger partial charge in [0.2, 0.25) is 0 Å². The van der Waals surface area contributed by atoms with Crippen LogP contribution in [0.4, 0.5) is 0 Å². The Balaban J connectivity index is 2.85. The topological polar surface area (TPSA) is 42.5 Å². The summed E-state index contributed by atoms with van der Waals surface area (Å²) >= 11 is 0. The summed E-state index contributed by atoms with van der Waals surface area (Å²) < 4.78 is 0. The minimum atomic E-state index is 0.834. The van der Waals surface area contributed by atoms with Crippen molar-refractivity contribution in [2.45, 2.75) is 6.92 Å². The summed E-state index contributed by atoms with van der Waals surface area (Å²) in [6.45, 7) is 1.90. The van der Waals surface area contributed by atoms with Gasteiger partial charge in [0.25, 0.3) is 0 Å². The number of benzene rings is 1. The summed E-state index contributed by atoms with van der Waals surface area (Å²) in [5.74, 6) is 0. The molecule has 4 nitrogen and oxygen atoms in total. The van der Waals surface area contributed by atoms with Crippen LogP contribution in [0.25, 0.3) is 6.08 Å². The molecule has 2 N–H and O–H groups in total. The molecule has 1 rings (SSSR count). The highest BCUT2D eigenvalue weighted by Gasteiger charge is 1.95. The molecule has 0 saturated carbocycles. The van der Waals surface area contributed by atoms with Crippen molar-refractivity contribution in [3.05, 3.63) is 53.4 Å². The molecule has 0 aromatic heterocycles. The molecule has 0 amide bonds. The molecular weight excluding hydrogens is 216 g/mol. The van der Waals surface area contributed by atoms with E-state index in [0.717, 1.165) is 17.0 Å². The molecule has 17 heavy (non-hydrogen) atoms. The van der Waals surface area contributed by atoms with Crippen LogP contribution in [0.5, 0.6) is 0 Å². The molecule has 92 valence electrons. The lowest BCUT2D eigenvalue weighted by Crippen LogP contribution is -2.13. The molecule has 0 bridgehead atoms. The number of hydrogen-bond acceptors (Lipinski definition) is 4. The Hall–Kier alpha value is -1.78. The van der Waals surface area contributed by atoms with Gasteiger partial charge in [-0.25, -0.2) is 0 Å². The van der Waals surface area contributed by atoms with E-state index in [4.69, 9.17) is 9.68 Å². The van der Waals surface area contributed by atoms with Crippen molar-refractivity contribution >= 4 is 6.08 Å². The van der Waals surface area contributed by atoms with Crippen LogP contribution in [0.2, 0.25) is 0 Å². The fraction of sp³-hybridized carbons (Fsp3) is 0.231. The van der Waals surface area contributed by atoms with E-state index in [1.807, 2.05) is 49.4 Å². The second kappa shape index (κ2) is 7.49. The van der Waals surface area contributed by atoms with E-state index >= 15 is 0 Å². The zero-order valence-electron chi connectivity index (χ0n) is 10.4. The Morgan fingerprint density at radius 1 is 1.06 bits per heavy atom. The summed E-state index contributed by atoms with van der Waals surface area (Å²) in [4.78, 5) is 9.74. The monoisotopic (exact) mass is 234 g/mol. The largest absolute Gasteiger partial charge is 0.280 e. The van der Waals surface area contributed by atoms with Crippen LogP contribution in [0.3, 0.4) is 0 Å². The SMILES string of the molecule is CONC(C)=CC(=Cc1ccccc1)NOC. The smallest absolute Gasteiger partial charge is 0.0636 e. The summed E-state index contributed by atoms with van der Waals surface area (Å²) in [5.41, 5.74) is 8.35. The Kier molecular flexibility index (Phi) is 5.85. The van der Waals surface area contributed by atoms with Crippen LogP contribution in [0, 0.1) is 0 Å². The van der Waals surface area contributed by atoms with Crippen molar-refractivity contribution in [3.8, 4) is 0 Å². The average molecular weight is 234 g/mol. The van der Waals surface area contributed by atoms with Gasteiger partial charge in [-0.05, 0) is 24.6 Å². The van der Waals surface area contributed by atoms with Gasteiger partial charge in [-0.1, -0.05) is 30.3 Å². The number of hydrogen-bond donors (Lipinski definition) is 2. The van der Waals surface area contributed by atoms with Crippen LogP contribution < -0.4 is 11.0 Å². The Morgan fingerprint density at radius 3 is 2.29 bits per heavy atom. The highest BCUT2D eigenvalue weighted by molar-refractivity contribution is 5.55. The zero-order chi connectivity index (χ0) is 12.5. The molecule has 0 radical (unpaired) electrons. The summed E-state index contributed by atoms with van der Waals surface area (Å²) in [6.07, 6.45) is 3.87. The maximum Gasteiger partial charge on any atom is 0.0636 e. The fourth-order valence-electron chi connectivity index (χ4n) is 1.37. The van der Waals surface area contributed by atoms with Crippen LogP contribution in [-0.2, 0) is 9.68 Å². The first-order chi connectivity index (χ1) is 8.26. The van der Waals surface area contributed by atoms with E-state index in [1.54, 1.807) is 14.2 Å². The second-order valence-corrected chi connectivity index (χ2v) is 3.45. The standard InChI is InChI=1S/C13H18N2O2/c1-11(14-16-2)9-13(15-17-3)10-12-7-5-4-6-8-12/h4-10,14-15H,1-3H3. The van der Waals surface area contributed by atoms with Gasteiger partial charge in [0.05, 0.1) is 19.9 Å². The number of rotatable bonds is 6. The molecule has 0 heterocycles. The summed E-state index contributed by atoms with van der Waals surface area (Å²) in [7, 11) is 3.15. The van der Waals surface area contributed by atoms with E-state index in [9.17, 15) is 0 Å². The molecule has 1 aromatic rings. The quantitative estimate of drug-likeness (QED) is 0.585. The van der Waals surface area contributed by atoms with E-state index in [-0.39, 0.29) is 0 Å².